The second-order valence-electron chi connectivity index (χ2n) is 6.51. The highest BCUT2D eigenvalue weighted by Gasteiger charge is 2.12. The zero-order valence-electron chi connectivity index (χ0n) is 15.7. The van der Waals surface area contributed by atoms with E-state index in [-0.39, 0.29) is 11.6 Å². The average molecular weight is 454 g/mol. The second kappa shape index (κ2) is 8.59. The third-order valence-corrected chi connectivity index (χ3v) is 4.82. The molecular weight excluding hydrogens is 441 g/mol. The molecule has 0 unspecified atom stereocenters. The van der Waals surface area contributed by atoms with Crippen LogP contribution in [-0.2, 0) is 4.79 Å². The number of aromatic nitrogens is 1. The number of carbonyl (C=O) groups excluding carboxylic acids is 1. The number of nitrogens with one attached hydrogen (secondary N) is 1. The maximum atomic E-state index is 12.2. The minimum Gasteiger partial charge on any atom is -0.435 e. The van der Waals surface area contributed by atoms with Crippen molar-refractivity contribution in [2.45, 2.75) is 0 Å². The van der Waals surface area contributed by atoms with Gasteiger partial charge in [0.1, 0.15) is 5.52 Å². The van der Waals surface area contributed by atoms with E-state index in [0.717, 1.165) is 0 Å². The maximum Gasteiger partial charge on any atom is 0.270 e. The van der Waals surface area contributed by atoms with Gasteiger partial charge in [0.15, 0.2) is 5.58 Å². The van der Waals surface area contributed by atoms with Crippen molar-refractivity contribution in [3.63, 3.8) is 0 Å². The molecule has 0 fully saturated rings. The minimum atomic E-state index is -0.488. The van der Waals surface area contributed by atoms with Crippen LogP contribution in [0, 0.1) is 10.1 Å². The van der Waals surface area contributed by atoms with E-state index in [1.165, 1.54) is 24.3 Å². The van der Waals surface area contributed by atoms with Crippen molar-refractivity contribution < 1.29 is 14.1 Å². The van der Waals surface area contributed by atoms with Gasteiger partial charge >= 0.3 is 0 Å². The number of anilines is 1. The van der Waals surface area contributed by atoms with E-state index in [0.29, 0.717) is 43.9 Å². The zero-order valence-corrected chi connectivity index (χ0v) is 17.2. The smallest absolute Gasteiger partial charge is 0.270 e. The van der Waals surface area contributed by atoms with E-state index >= 15 is 0 Å². The average Bonchev–Trinajstić information content (AvgIpc) is 3.17. The van der Waals surface area contributed by atoms with Crippen molar-refractivity contribution in [1.29, 1.82) is 0 Å². The van der Waals surface area contributed by atoms with Crippen LogP contribution < -0.4 is 5.32 Å². The molecule has 7 nitrogen and oxygen atoms in total. The molecule has 0 saturated carbocycles. The molecule has 1 heterocycles. The lowest BCUT2D eigenvalue weighted by Crippen LogP contribution is -2.07. The first-order valence-electron chi connectivity index (χ1n) is 8.98. The summed E-state index contributed by atoms with van der Waals surface area (Å²) in [7, 11) is 0. The Morgan fingerprint density at radius 2 is 1.87 bits per heavy atom. The first kappa shape index (κ1) is 20.6. The van der Waals surface area contributed by atoms with E-state index in [9.17, 15) is 14.9 Å². The Bertz CT molecular complexity index is 1330. The molecule has 0 aliphatic carbocycles. The zero-order chi connectivity index (χ0) is 22.0. The van der Waals surface area contributed by atoms with Crippen molar-refractivity contribution in [2.75, 3.05) is 5.32 Å². The van der Waals surface area contributed by atoms with Gasteiger partial charge in [-0.15, -0.1) is 0 Å². The normalized spacial score (nSPS) is 11.2. The monoisotopic (exact) mass is 453 g/mol. The van der Waals surface area contributed by atoms with Crippen LogP contribution in [0.5, 0.6) is 0 Å². The summed E-state index contributed by atoms with van der Waals surface area (Å²) in [5.74, 6) is 0.00477. The lowest BCUT2D eigenvalue weighted by atomic mass is 10.2. The fourth-order valence-corrected chi connectivity index (χ4v) is 3.40. The van der Waals surface area contributed by atoms with Crippen molar-refractivity contribution in [3.8, 4) is 11.5 Å². The first-order chi connectivity index (χ1) is 14.9. The summed E-state index contributed by atoms with van der Waals surface area (Å²) in [6, 6.07) is 16.2. The highest BCUT2D eigenvalue weighted by Crippen LogP contribution is 2.32. The van der Waals surface area contributed by atoms with Crippen LogP contribution in [0.1, 0.15) is 5.56 Å². The van der Waals surface area contributed by atoms with Gasteiger partial charge in [-0.1, -0.05) is 35.3 Å². The molecule has 0 saturated heterocycles. The van der Waals surface area contributed by atoms with E-state index in [1.807, 2.05) is 0 Å². The summed E-state index contributed by atoms with van der Waals surface area (Å²) in [4.78, 5) is 26.9. The molecule has 0 spiro atoms. The quantitative estimate of drug-likeness (QED) is 0.215. The van der Waals surface area contributed by atoms with E-state index in [2.05, 4.69) is 10.3 Å². The van der Waals surface area contributed by atoms with Gasteiger partial charge in [0.05, 0.1) is 9.95 Å². The number of non-ortho nitro benzene ring substituents is 1. The van der Waals surface area contributed by atoms with Gasteiger partial charge in [0.2, 0.25) is 11.8 Å². The summed E-state index contributed by atoms with van der Waals surface area (Å²) in [5.41, 5.74) is 2.78. The molecule has 1 aromatic heterocycles. The summed E-state index contributed by atoms with van der Waals surface area (Å²) in [6.07, 6.45) is 2.81. The largest absolute Gasteiger partial charge is 0.435 e. The number of halogens is 2. The Hall–Kier alpha value is -3.68. The summed E-state index contributed by atoms with van der Waals surface area (Å²) in [6.45, 7) is 0. The topological polar surface area (TPSA) is 98.3 Å². The van der Waals surface area contributed by atoms with E-state index < -0.39 is 4.92 Å². The molecule has 1 N–H and O–H groups in total. The highest BCUT2D eigenvalue weighted by atomic mass is 35.5. The van der Waals surface area contributed by atoms with Crippen molar-refractivity contribution >= 4 is 57.7 Å². The first-order valence-corrected chi connectivity index (χ1v) is 9.74. The number of oxazole rings is 1. The number of rotatable bonds is 5. The molecule has 154 valence electrons. The molecule has 31 heavy (non-hydrogen) atoms. The fourth-order valence-electron chi connectivity index (χ4n) is 2.88. The Morgan fingerprint density at radius 3 is 2.61 bits per heavy atom. The molecule has 0 radical (unpaired) electrons. The SMILES string of the molecule is O=C(C=Cc1cccc([N+](=O)[O-])c1)Nc1ccc(-c2nc3cc(Cl)cc(Cl)c3o2)cc1. The lowest BCUT2D eigenvalue weighted by Gasteiger charge is -2.03. The number of fused-ring (bicyclic) bond motifs is 1. The molecule has 0 aliphatic rings. The third kappa shape index (κ3) is 4.74. The Kier molecular flexibility index (Phi) is 5.70. The van der Waals surface area contributed by atoms with Crippen molar-refractivity contribution in [1.82, 2.24) is 4.98 Å². The predicted molar refractivity (Wildman–Crippen MR) is 120 cm³/mol. The number of carbonyl (C=O) groups is 1. The lowest BCUT2D eigenvalue weighted by molar-refractivity contribution is -0.384. The molecule has 4 aromatic rings. The number of nitrogens with zero attached hydrogens (tertiary/aromatic N) is 2. The van der Waals surface area contributed by atoms with Crippen LogP contribution in [0.2, 0.25) is 10.0 Å². The van der Waals surface area contributed by atoms with Crippen LogP contribution in [0.4, 0.5) is 11.4 Å². The van der Waals surface area contributed by atoms with Gasteiger partial charge in [-0.05, 0) is 48.0 Å². The number of amides is 1. The van der Waals surface area contributed by atoms with Gasteiger partial charge < -0.3 is 9.73 Å². The highest BCUT2D eigenvalue weighted by molar-refractivity contribution is 6.38. The standard InChI is InChI=1S/C22H13Cl2N3O4/c23-15-11-18(24)21-19(12-15)26-22(31-21)14-5-7-16(8-6-14)25-20(28)9-4-13-2-1-3-17(10-13)27(29)30/h1-12H,(H,25,28). The van der Waals surface area contributed by atoms with E-state index in [1.54, 1.807) is 48.5 Å². The maximum absolute atomic E-state index is 12.2. The number of benzene rings is 3. The van der Waals surface area contributed by atoms with Gasteiger partial charge in [0, 0.05) is 34.5 Å². The molecule has 4 rings (SSSR count). The van der Waals surface area contributed by atoms with Gasteiger partial charge in [0.25, 0.3) is 5.69 Å². The Balaban J connectivity index is 1.46. The molecule has 0 bridgehead atoms. The molecular formula is C22H13Cl2N3O4. The van der Waals surface area contributed by atoms with Gasteiger partial charge in [-0.3, -0.25) is 14.9 Å². The van der Waals surface area contributed by atoms with Crippen LogP contribution in [0.25, 0.3) is 28.6 Å². The van der Waals surface area contributed by atoms with Gasteiger partial charge in [-0.25, -0.2) is 4.98 Å². The Morgan fingerprint density at radius 1 is 1.10 bits per heavy atom. The van der Waals surface area contributed by atoms with E-state index in [4.69, 9.17) is 27.6 Å². The number of nitro groups is 1. The molecule has 9 heteroatoms. The van der Waals surface area contributed by atoms with Gasteiger partial charge in [-0.2, -0.15) is 0 Å². The third-order valence-electron chi connectivity index (χ3n) is 4.32. The van der Waals surface area contributed by atoms with Crippen LogP contribution in [0.15, 0.2) is 71.2 Å². The summed E-state index contributed by atoms with van der Waals surface area (Å²) in [5, 5.41) is 14.4. The minimum absolute atomic E-state index is 0.0408. The molecule has 0 aliphatic heterocycles. The Labute approximate surface area is 186 Å². The number of hydrogen-bond donors (Lipinski definition) is 1. The van der Waals surface area contributed by atoms with Crippen LogP contribution in [0.3, 0.4) is 0 Å². The number of nitro benzene ring substituents is 1. The summed E-state index contributed by atoms with van der Waals surface area (Å²) < 4.78 is 5.73. The van der Waals surface area contributed by atoms with Crippen molar-refractivity contribution in [3.05, 3.63) is 92.5 Å². The molecule has 3 aromatic carbocycles. The fraction of sp³-hybridized carbons (Fsp3) is 0. The molecule has 0 atom stereocenters. The van der Waals surface area contributed by atoms with Crippen LogP contribution in [-0.4, -0.2) is 15.8 Å². The van der Waals surface area contributed by atoms with Crippen LogP contribution >= 0.6 is 23.2 Å². The second-order valence-corrected chi connectivity index (χ2v) is 7.35. The van der Waals surface area contributed by atoms with Crippen molar-refractivity contribution in [2.24, 2.45) is 0 Å². The summed E-state index contributed by atoms with van der Waals surface area (Å²) >= 11 is 12.1. The predicted octanol–water partition coefficient (Wildman–Crippen LogP) is 6.36. The number of hydrogen-bond acceptors (Lipinski definition) is 5. The molecule has 1 amide bonds.